The normalized spacial score (nSPS) is 11.4. The van der Waals surface area contributed by atoms with Crippen molar-refractivity contribution >= 4 is 17.5 Å². The van der Waals surface area contributed by atoms with Crippen LogP contribution in [0.3, 0.4) is 0 Å². The maximum atomic E-state index is 12.4. The first kappa shape index (κ1) is 16.7. The summed E-state index contributed by atoms with van der Waals surface area (Å²) in [6.07, 6.45) is -3.83. The number of pyridine rings is 1. The predicted molar refractivity (Wildman–Crippen MR) is 67.7 cm³/mol. The van der Waals surface area contributed by atoms with Gasteiger partial charge >= 0.3 is 6.18 Å². The van der Waals surface area contributed by atoms with Crippen molar-refractivity contribution < 1.29 is 22.7 Å². The Balaban J connectivity index is 2.83. The first-order valence-electron chi connectivity index (χ1n) is 5.77. The van der Waals surface area contributed by atoms with E-state index in [2.05, 4.69) is 4.98 Å². The molecule has 0 radical (unpaired) electrons. The van der Waals surface area contributed by atoms with E-state index in [0.29, 0.717) is 19.3 Å². The fourth-order valence-corrected chi connectivity index (χ4v) is 1.67. The highest BCUT2D eigenvalue weighted by molar-refractivity contribution is 6.18. The molecule has 0 bridgehead atoms. The van der Waals surface area contributed by atoms with E-state index >= 15 is 0 Å². The summed E-state index contributed by atoms with van der Waals surface area (Å²) in [5.74, 6) is -0.257. The van der Waals surface area contributed by atoms with E-state index in [-0.39, 0.29) is 18.1 Å². The molecule has 0 atom stereocenters. The summed E-state index contributed by atoms with van der Waals surface area (Å²) < 4.78 is 42.1. The molecule has 0 aliphatic carbocycles. The van der Waals surface area contributed by atoms with Gasteiger partial charge in [-0.2, -0.15) is 13.2 Å². The second kappa shape index (κ2) is 7.44. The molecule has 0 aromatic carbocycles. The lowest BCUT2D eigenvalue weighted by Gasteiger charge is -2.20. The van der Waals surface area contributed by atoms with Crippen LogP contribution in [-0.2, 0) is 10.9 Å². The highest BCUT2D eigenvalue weighted by Gasteiger charge is 2.31. The van der Waals surface area contributed by atoms with Crippen molar-refractivity contribution in [2.24, 2.45) is 0 Å². The van der Waals surface area contributed by atoms with Crippen LogP contribution >= 0.6 is 11.6 Å². The summed E-state index contributed by atoms with van der Waals surface area (Å²) in [7, 11) is 1.49. The van der Waals surface area contributed by atoms with Crippen LogP contribution in [-0.4, -0.2) is 48.5 Å². The fraction of sp³-hybridized carbons (Fsp3) is 0.500. The Morgan fingerprint density at radius 2 is 2.10 bits per heavy atom. The Kier molecular flexibility index (Phi) is 6.22. The molecule has 0 unspecified atom stereocenters. The van der Waals surface area contributed by atoms with E-state index in [4.69, 9.17) is 16.3 Å². The van der Waals surface area contributed by atoms with E-state index in [1.165, 1.54) is 12.0 Å². The first-order chi connectivity index (χ1) is 9.40. The van der Waals surface area contributed by atoms with Gasteiger partial charge in [0.15, 0.2) is 0 Å². The molecule has 1 heterocycles. The molecule has 20 heavy (non-hydrogen) atoms. The number of hydrogen-bond acceptors (Lipinski definition) is 3. The van der Waals surface area contributed by atoms with Crippen molar-refractivity contribution in [2.75, 3.05) is 32.7 Å². The van der Waals surface area contributed by atoms with Crippen molar-refractivity contribution in [3.05, 3.63) is 29.6 Å². The summed E-state index contributed by atoms with van der Waals surface area (Å²) in [6.45, 7) is 0.875. The Morgan fingerprint density at radius 1 is 1.40 bits per heavy atom. The lowest BCUT2D eigenvalue weighted by Crippen LogP contribution is -2.36. The SMILES string of the molecule is COCCN(CCCl)C(=O)c1ccc(C(F)(F)F)cn1. The third-order valence-corrected chi connectivity index (χ3v) is 2.69. The van der Waals surface area contributed by atoms with Crippen LogP contribution in [0.5, 0.6) is 0 Å². The number of halogens is 4. The zero-order valence-electron chi connectivity index (χ0n) is 10.8. The van der Waals surface area contributed by atoms with E-state index in [1.54, 1.807) is 0 Å². The number of amides is 1. The zero-order chi connectivity index (χ0) is 15.2. The minimum absolute atomic E-state index is 0.0563. The maximum Gasteiger partial charge on any atom is 0.417 e. The predicted octanol–water partition coefficient (Wildman–Crippen LogP) is 2.43. The maximum absolute atomic E-state index is 12.4. The molecular formula is C12H14ClF3N2O2. The summed E-state index contributed by atoms with van der Waals surface area (Å²) >= 11 is 5.59. The lowest BCUT2D eigenvalue weighted by atomic mass is 10.2. The monoisotopic (exact) mass is 310 g/mol. The summed E-state index contributed by atoms with van der Waals surface area (Å²) in [5.41, 5.74) is -0.950. The molecule has 0 saturated heterocycles. The molecule has 0 fully saturated rings. The lowest BCUT2D eigenvalue weighted by molar-refractivity contribution is -0.137. The van der Waals surface area contributed by atoms with Gasteiger partial charge in [-0.1, -0.05) is 0 Å². The third-order valence-electron chi connectivity index (χ3n) is 2.52. The van der Waals surface area contributed by atoms with Crippen LogP contribution in [0.1, 0.15) is 16.1 Å². The molecule has 8 heteroatoms. The van der Waals surface area contributed by atoms with Crippen LogP contribution in [0.15, 0.2) is 18.3 Å². The molecule has 0 aliphatic heterocycles. The fourth-order valence-electron chi connectivity index (χ4n) is 1.47. The Labute approximate surface area is 119 Å². The highest BCUT2D eigenvalue weighted by Crippen LogP contribution is 2.28. The Morgan fingerprint density at radius 3 is 2.55 bits per heavy atom. The molecule has 112 valence electrons. The third kappa shape index (κ3) is 4.64. The average Bonchev–Trinajstić information content (AvgIpc) is 2.42. The minimum atomic E-state index is -4.47. The summed E-state index contributed by atoms with van der Waals surface area (Å²) in [6, 6.07) is 1.88. The van der Waals surface area contributed by atoms with Crippen LogP contribution in [0.2, 0.25) is 0 Å². The van der Waals surface area contributed by atoms with Gasteiger partial charge in [-0.3, -0.25) is 9.78 Å². The highest BCUT2D eigenvalue weighted by atomic mass is 35.5. The van der Waals surface area contributed by atoms with E-state index < -0.39 is 17.6 Å². The standard InChI is InChI=1S/C12H14ClF3N2O2/c1-20-7-6-18(5-4-13)11(19)10-3-2-9(8-17-10)12(14,15)16/h2-3,8H,4-7H2,1H3. The van der Waals surface area contributed by atoms with E-state index in [0.717, 1.165) is 12.1 Å². The number of ether oxygens (including phenoxy) is 1. The van der Waals surface area contributed by atoms with Gasteiger partial charge in [-0.05, 0) is 12.1 Å². The number of alkyl halides is 4. The van der Waals surface area contributed by atoms with Gasteiger partial charge in [0.25, 0.3) is 5.91 Å². The second-order valence-corrected chi connectivity index (χ2v) is 4.28. The molecule has 1 aromatic rings. The molecule has 0 saturated carbocycles. The van der Waals surface area contributed by atoms with Crippen LogP contribution in [0, 0.1) is 0 Å². The van der Waals surface area contributed by atoms with Gasteiger partial charge in [0.05, 0.1) is 12.2 Å². The number of aromatic nitrogens is 1. The summed E-state index contributed by atoms with van der Waals surface area (Å²) in [4.78, 5) is 17.0. The van der Waals surface area contributed by atoms with E-state index in [9.17, 15) is 18.0 Å². The largest absolute Gasteiger partial charge is 0.417 e. The molecule has 4 nitrogen and oxygen atoms in total. The zero-order valence-corrected chi connectivity index (χ0v) is 11.5. The Bertz CT molecular complexity index is 437. The number of carbonyl (C=O) groups excluding carboxylic acids is 1. The van der Waals surface area contributed by atoms with Crippen molar-refractivity contribution in [3.8, 4) is 0 Å². The van der Waals surface area contributed by atoms with Crippen molar-refractivity contribution in [2.45, 2.75) is 6.18 Å². The average molecular weight is 311 g/mol. The smallest absolute Gasteiger partial charge is 0.383 e. The molecular weight excluding hydrogens is 297 g/mol. The first-order valence-corrected chi connectivity index (χ1v) is 6.31. The molecule has 0 aliphatic rings. The van der Waals surface area contributed by atoms with Gasteiger partial charge in [-0.15, -0.1) is 11.6 Å². The number of carbonyl (C=O) groups is 1. The molecule has 1 rings (SSSR count). The van der Waals surface area contributed by atoms with Gasteiger partial charge in [0, 0.05) is 32.3 Å². The van der Waals surface area contributed by atoms with Crippen molar-refractivity contribution in [1.29, 1.82) is 0 Å². The van der Waals surface area contributed by atoms with Gasteiger partial charge in [0.2, 0.25) is 0 Å². The van der Waals surface area contributed by atoms with Crippen LogP contribution in [0.25, 0.3) is 0 Å². The molecule has 0 N–H and O–H groups in total. The van der Waals surface area contributed by atoms with Gasteiger partial charge in [-0.25, -0.2) is 0 Å². The van der Waals surface area contributed by atoms with Gasteiger partial charge in [0.1, 0.15) is 5.69 Å². The van der Waals surface area contributed by atoms with Crippen molar-refractivity contribution in [1.82, 2.24) is 9.88 Å². The number of methoxy groups -OCH3 is 1. The second-order valence-electron chi connectivity index (χ2n) is 3.90. The number of rotatable bonds is 6. The number of nitrogens with zero attached hydrogens (tertiary/aromatic N) is 2. The van der Waals surface area contributed by atoms with Crippen LogP contribution in [0.4, 0.5) is 13.2 Å². The van der Waals surface area contributed by atoms with Gasteiger partial charge < -0.3 is 9.64 Å². The van der Waals surface area contributed by atoms with Crippen molar-refractivity contribution in [3.63, 3.8) is 0 Å². The molecule has 1 aromatic heterocycles. The quantitative estimate of drug-likeness (QED) is 0.758. The molecule has 1 amide bonds. The minimum Gasteiger partial charge on any atom is -0.383 e. The molecule has 0 spiro atoms. The summed E-state index contributed by atoms with van der Waals surface area (Å²) in [5, 5.41) is 0. The topological polar surface area (TPSA) is 42.4 Å². The number of hydrogen-bond donors (Lipinski definition) is 0. The Hall–Kier alpha value is -1.34. The van der Waals surface area contributed by atoms with Crippen LogP contribution < -0.4 is 0 Å². The van der Waals surface area contributed by atoms with E-state index in [1.807, 2.05) is 0 Å².